The van der Waals surface area contributed by atoms with Gasteiger partial charge in [-0.3, -0.25) is 0 Å². The molecule has 164 valence electrons. The summed E-state index contributed by atoms with van der Waals surface area (Å²) in [5.74, 6) is -0.0684. The van der Waals surface area contributed by atoms with E-state index in [1.807, 2.05) is 50.2 Å². The number of benzene rings is 2. The molecular formula is C24H29N3O4. The first-order chi connectivity index (χ1) is 14.5. The normalized spacial score (nSPS) is 11.7. The van der Waals surface area contributed by atoms with E-state index in [-0.39, 0.29) is 5.69 Å². The number of carbonyl (C=O) groups is 1. The van der Waals surface area contributed by atoms with Gasteiger partial charge in [-0.1, -0.05) is 38.1 Å². The SMILES string of the molecule is Cc1cc(Cn2ncn(-c3ccc(C(C)C)cc3)c2=O)cc(C)c1OC(C)(C)C(=O)O. The summed E-state index contributed by atoms with van der Waals surface area (Å²) in [6.45, 7) is 11.3. The topological polar surface area (TPSA) is 86.4 Å². The van der Waals surface area contributed by atoms with Crippen LogP contribution in [-0.4, -0.2) is 31.0 Å². The number of hydrogen-bond acceptors (Lipinski definition) is 4. The van der Waals surface area contributed by atoms with Crippen LogP contribution < -0.4 is 10.4 Å². The molecule has 2 aromatic carbocycles. The molecule has 7 heteroatoms. The lowest BCUT2D eigenvalue weighted by molar-refractivity contribution is -0.152. The van der Waals surface area contributed by atoms with Gasteiger partial charge in [0.15, 0.2) is 5.60 Å². The van der Waals surface area contributed by atoms with Gasteiger partial charge < -0.3 is 9.84 Å². The molecule has 0 saturated heterocycles. The van der Waals surface area contributed by atoms with Crippen molar-refractivity contribution in [1.29, 1.82) is 0 Å². The lowest BCUT2D eigenvalue weighted by Crippen LogP contribution is -2.38. The Labute approximate surface area is 181 Å². The van der Waals surface area contributed by atoms with Gasteiger partial charge >= 0.3 is 11.7 Å². The second-order valence-electron chi connectivity index (χ2n) is 8.66. The predicted molar refractivity (Wildman–Crippen MR) is 119 cm³/mol. The zero-order chi connectivity index (χ0) is 22.9. The Morgan fingerprint density at radius 1 is 1.13 bits per heavy atom. The fourth-order valence-corrected chi connectivity index (χ4v) is 3.41. The van der Waals surface area contributed by atoms with E-state index in [9.17, 15) is 14.7 Å². The molecule has 0 radical (unpaired) electrons. The largest absolute Gasteiger partial charge is 0.478 e. The zero-order valence-corrected chi connectivity index (χ0v) is 18.8. The van der Waals surface area contributed by atoms with Crippen LogP contribution in [0, 0.1) is 13.8 Å². The van der Waals surface area contributed by atoms with Gasteiger partial charge in [-0.15, -0.1) is 0 Å². The van der Waals surface area contributed by atoms with Crippen LogP contribution in [-0.2, 0) is 11.3 Å². The number of rotatable bonds is 7. The molecule has 1 aromatic heterocycles. The highest BCUT2D eigenvalue weighted by atomic mass is 16.5. The highest BCUT2D eigenvalue weighted by Gasteiger charge is 2.30. The maximum Gasteiger partial charge on any atom is 0.350 e. The molecule has 31 heavy (non-hydrogen) atoms. The minimum absolute atomic E-state index is 0.222. The number of hydrogen-bond donors (Lipinski definition) is 1. The predicted octanol–water partition coefficient (Wildman–Crippen LogP) is 4.06. The Kier molecular flexibility index (Phi) is 6.06. The average molecular weight is 424 g/mol. The lowest BCUT2D eigenvalue weighted by atomic mass is 10.0. The van der Waals surface area contributed by atoms with Gasteiger partial charge in [0.05, 0.1) is 12.2 Å². The quantitative estimate of drug-likeness (QED) is 0.619. The molecule has 7 nitrogen and oxygen atoms in total. The molecule has 0 aliphatic carbocycles. The molecule has 0 bridgehead atoms. The van der Waals surface area contributed by atoms with Gasteiger partial charge in [0.25, 0.3) is 0 Å². The van der Waals surface area contributed by atoms with Crippen molar-refractivity contribution in [2.45, 2.75) is 59.6 Å². The van der Waals surface area contributed by atoms with Crippen LogP contribution in [0.5, 0.6) is 5.75 Å². The van der Waals surface area contributed by atoms with E-state index in [1.165, 1.54) is 35.0 Å². The van der Waals surface area contributed by atoms with E-state index in [4.69, 9.17) is 4.74 Å². The molecule has 1 N–H and O–H groups in total. The fourth-order valence-electron chi connectivity index (χ4n) is 3.41. The number of carboxylic acids is 1. The molecule has 3 aromatic rings. The molecule has 0 spiro atoms. The van der Waals surface area contributed by atoms with Crippen molar-refractivity contribution in [3.8, 4) is 11.4 Å². The summed E-state index contributed by atoms with van der Waals surface area (Å²) < 4.78 is 8.69. The van der Waals surface area contributed by atoms with Crippen LogP contribution in [0.1, 0.15) is 55.9 Å². The summed E-state index contributed by atoms with van der Waals surface area (Å²) in [5, 5.41) is 13.6. The Hall–Kier alpha value is -3.35. The third-order valence-electron chi connectivity index (χ3n) is 5.30. The van der Waals surface area contributed by atoms with E-state index in [1.54, 1.807) is 0 Å². The van der Waals surface area contributed by atoms with Gasteiger partial charge in [0.1, 0.15) is 12.1 Å². The first-order valence-corrected chi connectivity index (χ1v) is 10.3. The highest BCUT2D eigenvalue weighted by molar-refractivity contribution is 5.77. The summed E-state index contributed by atoms with van der Waals surface area (Å²) in [6.07, 6.45) is 1.53. The molecule has 0 fully saturated rings. The van der Waals surface area contributed by atoms with Crippen molar-refractivity contribution < 1.29 is 14.6 Å². The first-order valence-electron chi connectivity index (χ1n) is 10.3. The molecule has 0 atom stereocenters. The van der Waals surface area contributed by atoms with Crippen molar-refractivity contribution in [2.75, 3.05) is 0 Å². The fraction of sp³-hybridized carbons (Fsp3) is 0.375. The monoisotopic (exact) mass is 423 g/mol. The summed E-state index contributed by atoms with van der Waals surface area (Å²) in [4.78, 5) is 24.3. The molecule has 0 amide bonds. The van der Waals surface area contributed by atoms with Crippen LogP contribution >= 0.6 is 0 Å². The number of aryl methyl sites for hydroxylation is 2. The Bertz CT molecular complexity index is 1130. The second kappa shape index (κ2) is 8.41. The van der Waals surface area contributed by atoms with Crippen molar-refractivity contribution >= 4 is 5.97 Å². The van der Waals surface area contributed by atoms with Crippen LogP contribution in [0.2, 0.25) is 0 Å². The minimum Gasteiger partial charge on any atom is -0.478 e. The van der Waals surface area contributed by atoms with E-state index >= 15 is 0 Å². The summed E-state index contributed by atoms with van der Waals surface area (Å²) in [7, 11) is 0. The number of carboxylic acid groups (broad SMARTS) is 1. The third kappa shape index (κ3) is 4.71. The van der Waals surface area contributed by atoms with Crippen molar-refractivity contribution in [1.82, 2.24) is 14.3 Å². The molecule has 0 aliphatic rings. The van der Waals surface area contributed by atoms with Crippen LogP contribution in [0.15, 0.2) is 47.5 Å². The van der Waals surface area contributed by atoms with Crippen LogP contribution in [0.25, 0.3) is 5.69 Å². The summed E-state index contributed by atoms with van der Waals surface area (Å²) in [5.41, 5.74) is 2.92. The summed E-state index contributed by atoms with van der Waals surface area (Å²) in [6, 6.07) is 11.7. The molecule has 0 unspecified atom stereocenters. The zero-order valence-electron chi connectivity index (χ0n) is 18.8. The smallest absolute Gasteiger partial charge is 0.350 e. The second-order valence-corrected chi connectivity index (χ2v) is 8.66. The Morgan fingerprint density at radius 3 is 2.23 bits per heavy atom. The van der Waals surface area contributed by atoms with Crippen molar-refractivity contribution in [3.05, 3.63) is 75.5 Å². The van der Waals surface area contributed by atoms with Gasteiger partial charge in [-0.05, 0) is 68.0 Å². The average Bonchev–Trinajstić information content (AvgIpc) is 3.05. The summed E-state index contributed by atoms with van der Waals surface area (Å²) >= 11 is 0. The van der Waals surface area contributed by atoms with E-state index in [2.05, 4.69) is 18.9 Å². The number of nitrogens with zero attached hydrogens (tertiary/aromatic N) is 3. The molecular weight excluding hydrogens is 394 g/mol. The van der Waals surface area contributed by atoms with Gasteiger partial charge in [-0.2, -0.15) is 5.10 Å². The van der Waals surface area contributed by atoms with Crippen molar-refractivity contribution in [2.24, 2.45) is 0 Å². The van der Waals surface area contributed by atoms with Gasteiger partial charge in [-0.25, -0.2) is 18.8 Å². The number of aliphatic carboxylic acids is 1. The maximum atomic E-state index is 12.9. The molecule has 3 rings (SSSR count). The van der Waals surface area contributed by atoms with Gasteiger partial charge in [0, 0.05) is 0 Å². The molecule has 1 heterocycles. The van der Waals surface area contributed by atoms with Gasteiger partial charge in [0.2, 0.25) is 0 Å². The third-order valence-corrected chi connectivity index (χ3v) is 5.30. The molecule has 0 saturated carbocycles. The van der Waals surface area contributed by atoms with Crippen molar-refractivity contribution in [3.63, 3.8) is 0 Å². The number of ether oxygens (including phenoxy) is 1. The lowest BCUT2D eigenvalue weighted by Gasteiger charge is -2.24. The maximum absolute atomic E-state index is 12.9. The van der Waals surface area contributed by atoms with E-state index in [0.29, 0.717) is 18.2 Å². The number of aromatic nitrogens is 3. The van der Waals surface area contributed by atoms with Crippen LogP contribution in [0.4, 0.5) is 0 Å². The van der Waals surface area contributed by atoms with E-state index in [0.717, 1.165) is 22.4 Å². The highest BCUT2D eigenvalue weighted by Crippen LogP contribution is 2.29. The first kappa shape index (κ1) is 22.3. The Balaban J connectivity index is 1.85. The minimum atomic E-state index is -1.34. The molecule has 0 aliphatic heterocycles. The van der Waals surface area contributed by atoms with E-state index < -0.39 is 11.6 Å². The van der Waals surface area contributed by atoms with Crippen LogP contribution in [0.3, 0.4) is 0 Å². The standard InChI is InChI=1S/C24H29N3O4/c1-15(2)19-7-9-20(10-8-19)26-14-25-27(23(26)30)13-18-11-16(3)21(17(4)12-18)31-24(5,6)22(28)29/h7-12,14-15H,13H2,1-6H3,(H,28,29). The Morgan fingerprint density at radius 2 is 1.71 bits per heavy atom.